The zero-order chi connectivity index (χ0) is 73.8. The second-order valence-electron chi connectivity index (χ2n) is 25.9. The minimum atomic E-state index is -2.01. The second-order valence-corrected chi connectivity index (χ2v) is 26.8. The molecule has 0 spiro atoms. The van der Waals surface area contributed by atoms with Crippen molar-refractivity contribution in [1.82, 2.24) is 26.6 Å². The van der Waals surface area contributed by atoms with Gasteiger partial charge in [0.1, 0.15) is 71.0 Å². The molecule has 0 saturated carbocycles. The predicted octanol–water partition coefficient (Wildman–Crippen LogP) is 2.32. The van der Waals surface area contributed by atoms with Gasteiger partial charge in [0, 0.05) is 60.2 Å². The third-order valence-corrected chi connectivity index (χ3v) is 18.7. The van der Waals surface area contributed by atoms with Crippen LogP contribution >= 0.6 is 23.2 Å². The molecule has 101 heavy (non-hydrogen) atoms. The molecule has 0 aromatic heterocycles. The number of phenolic OH excluding ortho intramolecular Hbond substituents is 3. The number of carbonyl (C=O) groups is 6. The minimum absolute atomic E-state index is 0.0343. The van der Waals surface area contributed by atoms with Crippen molar-refractivity contribution >= 4 is 70.4 Å². The van der Waals surface area contributed by atoms with E-state index in [0.717, 1.165) is 6.07 Å². The highest BCUT2D eigenvalue weighted by atomic mass is 35.5. The van der Waals surface area contributed by atoms with E-state index in [4.69, 9.17) is 72.7 Å². The van der Waals surface area contributed by atoms with E-state index < -0.39 is 211 Å². The number of likely N-dealkylation sites (N-methyl/N-ethyl adjacent to an activating group) is 1. The monoisotopic (exact) mass is 1440 g/mol. The fraction of sp³-hybridized carbons (Fsp3) is 0.441. The normalized spacial score (nSPS) is 28.6. The van der Waals surface area contributed by atoms with E-state index in [1.165, 1.54) is 86.8 Å². The van der Waals surface area contributed by atoms with E-state index >= 15 is 9.59 Å². The minimum Gasteiger partial charge on any atom is -0.508 e. The quantitative estimate of drug-likeness (QED) is 0.0852. The van der Waals surface area contributed by atoms with Crippen molar-refractivity contribution in [3.05, 3.63) is 117 Å². The Morgan fingerprint density at radius 1 is 0.792 bits per heavy atom. The van der Waals surface area contributed by atoms with Crippen LogP contribution in [0.4, 0.5) is 0 Å². The zero-order valence-electron chi connectivity index (χ0n) is 54.9. The van der Waals surface area contributed by atoms with Crippen LogP contribution in [-0.2, 0) is 59.1 Å². The van der Waals surface area contributed by atoms with Gasteiger partial charge in [-0.15, -0.1) is 0 Å². The third-order valence-electron chi connectivity index (χ3n) is 18.1. The van der Waals surface area contributed by atoms with E-state index in [0.29, 0.717) is 0 Å². The summed E-state index contributed by atoms with van der Waals surface area (Å²) in [5, 5.41) is 126. The standard InChI is InChI=1S/C67H78Cl2N8O21.CO2/c1-26(2)12-40(73-5)63(90)77-54-56(85)30-8-11-46(38(69)16-30)95-48-18-31-17-47(59(48)98-66-60(58(87)57(86)49(25-78)96-66)97-51-23-67(4,72)61(88)27(3)93-51)94-45-10-7-29(15-37(45)68)55(84)36-21-43(81)34(20-39(70)53(31)76-64(91)41(22-50(71)83)75-65(54)92)28-6-9-42(80)35(14-28)52-32(24-74-62(36)89)13-33(79)19-44(52)82;2-1-3/h6-11,13-19,26-27,34,36,40-41,49,51,53-58,60-61,66,70,73,78-80,82,84-88H,12,20-25,72H2,1-5H3,(H2,71,83)(H,74,89)(H,75,92)(H,76,91)(H,77,90);/t27-,34-,36-,40+,41-,49?,51-,53+,54+,55+,56+,57?,58-,60-,61+,66?,67?;/m0./s1. The first-order valence-corrected chi connectivity index (χ1v) is 32.7. The van der Waals surface area contributed by atoms with Crippen molar-refractivity contribution in [2.75, 3.05) is 13.7 Å². The number of ketones is 1. The van der Waals surface area contributed by atoms with Crippen LogP contribution in [0.3, 0.4) is 0 Å². The number of rotatable bonds is 12. The lowest BCUT2D eigenvalue weighted by atomic mass is 9.80. The lowest BCUT2D eigenvalue weighted by Crippen LogP contribution is -2.64. The van der Waals surface area contributed by atoms with Gasteiger partial charge in [-0.2, -0.15) is 9.59 Å². The number of ether oxygens (including phenoxy) is 6. The molecule has 7 aliphatic heterocycles. The molecule has 31 nitrogen and oxygen atoms in total. The highest BCUT2D eigenvalue weighted by Crippen LogP contribution is 2.50. The lowest BCUT2D eigenvalue weighted by Gasteiger charge is -2.47. The third kappa shape index (κ3) is 17.0. The highest BCUT2D eigenvalue weighted by molar-refractivity contribution is 6.32. The van der Waals surface area contributed by atoms with Crippen LogP contribution in [0.5, 0.6) is 46.0 Å². The number of Topliss-reactive ketones (excluding diaryl/α,β-unsaturated/α-hetero) is 1. The molecule has 2 saturated heterocycles. The van der Waals surface area contributed by atoms with Crippen molar-refractivity contribution in [3.63, 3.8) is 0 Å². The Morgan fingerprint density at radius 2 is 1.42 bits per heavy atom. The number of nitrogens with two attached hydrogens (primary N) is 2. The van der Waals surface area contributed by atoms with E-state index in [1.54, 1.807) is 6.92 Å². The summed E-state index contributed by atoms with van der Waals surface area (Å²) >= 11 is 14.2. The summed E-state index contributed by atoms with van der Waals surface area (Å²) in [7, 11) is 1.51. The summed E-state index contributed by atoms with van der Waals surface area (Å²) in [5.41, 5.74) is 9.95. The van der Waals surface area contributed by atoms with E-state index in [-0.39, 0.29) is 85.4 Å². The van der Waals surface area contributed by atoms with Gasteiger partial charge in [0.15, 0.2) is 23.9 Å². The van der Waals surface area contributed by atoms with Gasteiger partial charge < -0.3 is 118 Å². The number of aliphatic hydroxyl groups excluding tert-OH is 6. The topological polar surface area (TPSA) is 510 Å². The fourth-order valence-corrected chi connectivity index (χ4v) is 13.3. The first-order chi connectivity index (χ1) is 47.7. The molecule has 19 N–H and O–H groups in total. The first kappa shape index (κ1) is 76.3. The number of fused-ring (bicyclic) bond motifs is 15. The summed E-state index contributed by atoms with van der Waals surface area (Å²) in [6, 6.07) is 9.23. The molecular weight excluding hydrogens is 1370 g/mol. The number of halogens is 2. The van der Waals surface area contributed by atoms with Crippen LogP contribution < -0.4 is 52.3 Å². The maximum atomic E-state index is 15.5. The fourth-order valence-electron chi connectivity index (χ4n) is 12.8. The molecule has 0 radical (unpaired) electrons. The zero-order valence-corrected chi connectivity index (χ0v) is 56.4. The molecule has 33 heteroatoms. The number of carbonyl (C=O) groups excluding carboxylic acids is 8. The Hall–Kier alpha value is -8.89. The van der Waals surface area contributed by atoms with Gasteiger partial charge in [-0.25, -0.2) is 0 Å². The predicted molar refractivity (Wildman–Crippen MR) is 353 cm³/mol. The lowest BCUT2D eigenvalue weighted by molar-refractivity contribution is -0.333. The van der Waals surface area contributed by atoms with Gasteiger partial charge in [0.05, 0.1) is 59.4 Å². The van der Waals surface area contributed by atoms with Crippen LogP contribution in [0.1, 0.15) is 112 Å². The molecular formula is C68H78Cl2N8O23. The van der Waals surface area contributed by atoms with E-state index in [2.05, 4.69) is 26.6 Å². The van der Waals surface area contributed by atoms with Gasteiger partial charge in [0.2, 0.25) is 41.6 Å². The van der Waals surface area contributed by atoms with Crippen LogP contribution in [0.2, 0.25) is 10.0 Å². The Balaban J connectivity index is 0.00000389. The molecule has 7 aliphatic rings. The number of nitrogens with one attached hydrogen (secondary N) is 6. The summed E-state index contributed by atoms with van der Waals surface area (Å²) in [6.45, 7) is 5.41. The molecule has 0 aliphatic carbocycles. The largest absolute Gasteiger partial charge is 0.508 e. The molecule has 542 valence electrons. The van der Waals surface area contributed by atoms with Crippen molar-refractivity contribution in [1.29, 1.82) is 5.41 Å². The maximum Gasteiger partial charge on any atom is 0.373 e. The average molecular weight is 1450 g/mol. The van der Waals surface area contributed by atoms with Gasteiger partial charge in [-0.3, -0.25) is 28.8 Å². The molecule has 5 aromatic rings. The second kappa shape index (κ2) is 32.0. The molecule has 7 heterocycles. The van der Waals surface area contributed by atoms with Crippen LogP contribution in [0.25, 0.3) is 11.1 Å². The van der Waals surface area contributed by atoms with Crippen molar-refractivity contribution < 1.29 is 113 Å². The molecule has 17 atom stereocenters. The SMILES string of the molecule is CN[C@H](CC(C)C)C(=O)N[C@H]1C(=O)N[C@@H](CC(N)=O)C(=O)N[C@H]2C(=N)C[C@@H]3C(=O)C[C@H](C(=O)NCc4cc(O)cc(O)c4-c4cc3ccc4O)[C@H](O)c3ccc(c(Cl)c3)Oc3cc2cc(c3OC2OC(CO)C(O)[C@H](O)[C@@H]2O[C@H]2CC(C)(N)[C@H](O)[C@H](C)O2)Oc2ccc(cc2Cl)[C@H]1O.O=C=O. The highest BCUT2D eigenvalue weighted by Gasteiger charge is 2.51. The van der Waals surface area contributed by atoms with Crippen LogP contribution in [-0.4, -0.2) is 180 Å². The average Bonchev–Trinajstić information content (AvgIpc) is 0.767. The van der Waals surface area contributed by atoms with Gasteiger partial charge >= 0.3 is 6.15 Å². The Labute approximate surface area is 586 Å². The summed E-state index contributed by atoms with van der Waals surface area (Å²) < 4.78 is 38.7. The number of hydrogen-bond acceptors (Lipinski definition) is 26. The molecule has 5 aromatic carbocycles. The van der Waals surface area contributed by atoms with Gasteiger partial charge in [0.25, 0.3) is 0 Å². The molecule has 5 amide bonds. The van der Waals surface area contributed by atoms with Crippen molar-refractivity contribution in [3.8, 4) is 57.1 Å². The number of amides is 5. The Kier molecular flexibility index (Phi) is 24.2. The Morgan fingerprint density at radius 3 is 2.00 bits per heavy atom. The number of benzene rings is 5. The molecule has 12 rings (SSSR count). The number of aliphatic hydroxyl groups is 6. The number of phenols is 3. The van der Waals surface area contributed by atoms with Crippen molar-refractivity contribution in [2.24, 2.45) is 23.3 Å². The number of hydrogen-bond donors (Lipinski definition) is 17. The summed E-state index contributed by atoms with van der Waals surface area (Å²) in [5.74, 6) is -12.9. The summed E-state index contributed by atoms with van der Waals surface area (Å²) in [4.78, 5) is 104. The molecule has 4 unspecified atom stereocenters. The first-order valence-electron chi connectivity index (χ1n) is 31.9. The van der Waals surface area contributed by atoms with E-state index in [9.17, 15) is 70.5 Å². The Bertz CT molecular complexity index is 4030. The van der Waals surface area contributed by atoms with E-state index in [1.807, 2.05) is 13.8 Å². The number of aromatic hydroxyl groups is 3. The summed E-state index contributed by atoms with van der Waals surface area (Å²) in [6.07, 6.45) is -18.7. The van der Waals surface area contributed by atoms with Gasteiger partial charge in [-0.1, -0.05) is 55.2 Å². The maximum absolute atomic E-state index is 15.5. The molecule has 11 bridgehead atoms. The van der Waals surface area contributed by atoms with Crippen LogP contribution in [0, 0.1) is 17.2 Å². The smallest absolute Gasteiger partial charge is 0.373 e. The molecule has 2 fully saturated rings. The van der Waals surface area contributed by atoms with Crippen LogP contribution in [0.15, 0.2) is 78.9 Å². The number of primary amides is 1. The van der Waals surface area contributed by atoms with Gasteiger partial charge in [-0.05, 0) is 116 Å². The van der Waals surface area contributed by atoms with Crippen molar-refractivity contribution in [2.45, 2.75) is 163 Å².